The molecule has 1 saturated heterocycles. The number of alkyl halides is 3. The highest BCUT2D eigenvalue weighted by Gasteiger charge is 2.31. The number of likely N-dealkylation sites (tertiary alicyclic amines) is 1. The molecule has 0 atom stereocenters. The first kappa shape index (κ1) is 23.7. The van der Waals surface area contributed by atoms with Crippen LogP contribution in [0.2, 0.25) is 0 Å². The number of piperidine rings is 1. The maximum Gasteiger partial charge on any atom is 0.416 e. The Labute approximate surface area is 198 Å². The van der Waals surface area contributed by atoms with Crippen molar-refractivity contribution in [2.75, 3.05) is 18.4 Å². The van der Waals surface area contributed by atoms with Crippen LogP contribution in [0.1, 0.15) is 34.5 Å². The van der Waals surface area contributed by atoms with E-state index in [-0.39, 0.29) is 29.2 Å². The monoisotopic (exact) mass is 489 g/mol. The molecule has 0 radical (unpaired) electrons. The van der Waals surface area contributed by atoms with Crippen LogP contribution in [0.25, 0.3) is 0 Å². The number of ether oxygens (including phenoxy) is 1. The van der Waals surface area contributed by atoms with Gasteiger partial charge >= 0.3 is 6.18 Å². The molecule has 2 amide bonds. The summed E-state index contributed by atoms with van der Waals surface area (Å²) in [7, 11) is 0. The van der Waals surface area contributed by atoms with Crippen molar-refractivity contribution in [3.8, 4) is 11.5 Å². The van der Waals surface area contributed by atoms with Crippen molar-refractivity contribution in [3.63, 3.8) is 0 Å². The van der Waals surface area contributed by atoms with Crippen LogP contribution in [0.4, 0.5) is 18.3 Å². The molecule has 0 aliphatic carbocycles. The lowest BCUT2D eigenvalue weighted by atomic mass is 9.95. The molecule has 2 heterocycles. The van der Waals surface area contributed by atoms with Crippen LogP contribution in [0.5, 0.6) is 11.5 Å². The molecule has 0 saturated carbocycles. The molecule has 0 bridgehead atoms. The number of thiazole rings is 1. The summed E-state index contributed by atoms with van der Waals surface area (Å²) in [6.45, 7) is 2.70. The highest BCUT2D eigenvalue weighted by Crippen LogP contribution is 2.33. The van der Waals surface area contributed by atoms with E-state index in [1.54, 1.807) is 23.1 Å². The van der Waals surface area contributed by atoms with Crippen molar-refractivity contribution in [2.45, 2.75) is 25.9 Å². The minimum atomic E-state index is -4.47. The number of amides is 2. The lowest BCUT2D eigenvalue weighted by Gasteiger charge is -2.31. The Hall–Kier alpha value is -3.40. The lowest BCUT2D eigenvalue weighted by Crippen LogP contribution is -2.41. The fourth-order valence-corrected chi connectivity index (χ4v) is 4.40. The molecule has 6 nitrogen and oxygen atoms in total. The van der Waals surface area contributed by atoms with Gasteiger partial charge in [0.05, 0.1) is 11.3 Å². The van der Waals surface area contributed by atoms with Gasteiger partial charge in [-0.2, -0.15) is 13.2 Å². The molecule has 0 unspecified atom stereocenters. The van der Waals surface area contributed by atoms with E-state index in [1.807, 2.05) is 12.3 Å². The minimum absolute atomic E-state index is 0.0293. The number of rotatable bonds is 5. The number of hydrogen-bond donors (Lipinski definition) is 1. The first-order chi connectivity index (χ1) is 16.2. The van der Waals surface area contributed by atoms with Gasteiger partial charge in [-0.15, -0.1) is 11.3 Å². The van der Waals surface area contributed by atoms with Crippen molar-refractivity contribution in [3.05, 3.63) is 70.7 Å². The van der Waals surface area contributed by atoms with Gasteiger partial charge in [-0.05, 0) is 56.2 Å². The normalized spacial score (nSPS) is 14.6. The van der Waals surface area contributed by atoms with Crippen molar-refractivity contribution >= 4 is 28.3 Å². The Balaban J connectivity index is 1.36. The van der Waals surface area contributed by atoms with Gasteiger partial charge in [0.2, 0.25) is 5.91 Å². The Kier molecular flexibility index (Phi) is 6.87. The van der Waals surface area contributed by atoms with Gasteiger partial charge in [-0.3, -0.25) is 9.59 Å². The van der Waals surface area contributed by atoms with Crippen LogP contribution < -0.4 is 10.1 Å². The molecule has 3 aromatic rings. The molecule has 1 fully saturated rings. The molecule has 34 heavy (non-hydrogen) atoms. The van der Waals surface area contributed by atoms with Crippen molar-refractivity contribution in [1.82, 2.24) is 9.88 Å². The molecule has 1 aliphatic rings. The molecule has 178 valence electrons. The number of hydrogen-bond acceptors (Lipinski definition) is 5. The first-order valence-corrected chi connectivity index (χ1v) is 11.5. The predicted molar refractivity (Wildman–Crippen MR) is 122 cm³/mol. The summed E-state index contributed by atoms with van der Waals surface area (Å²) in [5.41, 5.74) is 0.403. The lowest BCUT2D eigenvalue weighted by molar-refractivity contribution is -0.137. The molecule has 2 aromatic carbocycles. The number of anilines is 1. The third-order valence-corrected chi connectivity index (χ3v) is 6.36. The van der Waals surface area contributed by atoms with E-state index < -0.39 is 11.7 Å². The number of benzene rings is 2. The molecular weight excluding hydrogens is 467 g/mol. The van der Waals surface area contributed by atoms with E-state index in [0.29, 0.717) is 36.6 Å². The minimum Gasteiger partial charge on any atom is -0.457 e. The summed E-state index contributed by atoms with van der Waals surface area (Å²) in [6, 6.07) is 10.9. The zero-order valence-corrected chi connectivity index (χ0v) is 19.1. The molecule has 1 aromatic heterocycles. The average molecular weight is 490 g/mol. The molecule has 4 rings (SSSR count). The Morgan fingerprint density at radius 2 is 1.76 bits per heavy atom. The van der Waals surface area contributed by atoms with Crippen LogP contribution in [0, 0.1) is 12.8 Å². The van der Waals surface area contributed by atoms with Gasteiger partial charge < -0.3 is 15.0 Å². The summed E-state index contributed by atoms with van der Waals surface area (Å²) in [5, 5.41) is 5.26. The highest BCUT2D eigenvalue weighted by atomic mass is 32.1. The number of carbonyl (C=O) groups is 2. The number of nitrogens with zero attached hydrogens (tertiary/aromatic N) is 2. The van der Waals surface area contributed by atoms with Crippen molar-refractivity contribution in [1.29, 1.82) is 0 Å². The Morgan fingerprint density at radius 3 is 2.41 bits per heavy atom. The van der Waals surface area contributed by atoms with E-state index >= 15 is 0 Å². The Morgan fingerprint density at radius 1 is 1.09 bits per heavy atom. The number of nitrogens with one attached hydrogen (secondary N) is 1. The Bertz CT molecular complexity index is 1190. The quantitative estimate of drug-likeness (QED) is 0.495. The maximum atomic E-state index is 13.0. The van der Waals surface area contributed by atoms with Crippen LogP contribution >= 0.6 is 11.3 Å². The fourth-order valence-electron chi connectivity index (χ4n) is 3.71. The van der Waals surface area contributed by atoms with Gasteiger partial charge in [0.25, 0.3) is 5.91 Å². The summed E-state index contributed by atoms with van der Waals surface area (Å²) < 4.78 is 44.4. The molecule has 1 aliphatic heterocycles. The highest BCUT2D eigenvalue weighted by molar-refractivity contribution is 7.13. The van der Waals surface area contributed by atoms with Gasteiger partial charge in [-0.25, -0.2) is 4.98 Å². The standard InChI is InChI=1S/C24H22F3N3O3S/c1-15-14-34-23(28-15)29-21(31)16-8-10-30(11-9-16)22(32)17-4-2-6-19(12-17)33-20-7-3-5-18(13-20)24(25,26)27/h2-7,12-14,16H,8-11H2,1H3,(H,28,29,31). The molecular formula is C24H22F3N3O3S. The summed E-state index contributed by atoms with van der Waals surface area (Å²) in [4.78, 5) is 31.4. The number of halogens is 3. The zero-order valence-electron chi connectivity index (χ0n) is 18.3. The smallest absolute Gasteiger partial charge is 0.416 e. The first-order valence-electron chi connectivity index (χ1n) is 10.7. The molecule has 10 heteroatoms. The number of carbonyl (C=O) groups excluding carboxylic acids is 2. The van der Waals surface area contributed by atoms with Crippen LogP contribution in [-0.2, 0) is 11.0 Å². The zero-order chi connectivity index (χ0) is 24.3. The second-order valence-corrected chi connectivity index (χ2v) is 8.86. The van der Waals surface area contributed by atoms with E-state index in [9.17, 15) is 22.8 Å². The van der Waals surface area contributed by atoms with Crippen LogP contribution in [0.3, 0.4) is 0 Å². The average Bonchev–Trinajstić information content (AvgIpc) is 3.23. The second-order valence-electron chi connectivity index (χ2n) is 8.01. The SMILES string of the molecule is Cc1csc(NC(=O)C2CCN(C(=O)c3cccc(Oc4cccc(C(F)(F)F)c4)c3)CC2)n1. The predicted octanol–water partition coefficient (Wildman–Crippen LogP) is 5.75. The third-order valence-electron chi connectivity index (χ3n) is 5.48. The van der Waals surface area contributed by atoms with Gasteiger partial charge in [-0.1, -0.05) is 12.1 Å². The summed E-state index contributed by atoms with van der Waals surface area (Å²) in [6.07, 6.45) is -3.41. The number of aromatic nitrogens is 1. The van der Waals surface area contributed by atoms with Gasteiger partial charge in [0.15, 0.2) is 5.13 Å². The van der Waals surface area contributed by atoms with E-state index in [4.69, 9.17) is 4.74 Å². The summed E-state index contributed by atoms with van der Waals surface area (Å²) >= 11 is 1.37. The number of aryl methyl sites for hydroxylation is 1. The largest absolute Gasteiger partial charge is 0.457 e. The van der Waals surface area contributed by atoms with E-state index in [2.05, 4.69) is 10.3 Å². The third kappa shape index (κ3) is 5.74. The van der Waals surface area contributed by atoms with Crippen LogP contribution in [-0.4, -0.2) is 34.8 Å². The molecule has 1 N–H and O–H groups in total. The maximum absolute atomic E-state index is 13.0. The topological polar surface area (TPSA) is 71.5 Å². The van der Waals surface area contributed by atoms with E-state index in [1.165, 1.54) is 29.5 Å². The van der Waals surface area contributed by atoms with Gasteiger partial charge in [0, 0.05) is 30.0 Å². The van der Waals surface area contributed by atoms with Crippen molar-refractivity contribution < 1.29 is 27.5 Å². The van der Waals surface area contributed by atoms with Crippen molar-refractivity contribution in [2.24, 2.45) is 5.92 Å². The van der Waals surface area contributed by atoms with Gasteiger partial charge in [0.1, 0.15) is 11.5 Å². The summed E-state index contributed by atoms with van der Waals surface area (Å²) in [5.74, 6) is -0.231. The van der Waals surface area contributed by atoms with Crippen LogP contribution in [0.15, 0.2) is 53.9 Å². The molecule has 0 spiro atoms. The van der Waals surface area contributed by atoms with E-state index in [0.717, 1.165) is 17.8 Å². The fraction of sp³-hybridized carbons (Fsp3) is 0.292. The second kappa shape index (κ2) is 9.84.